The monoisotopic (exact) mass is 202 g/mol. The van der Waals surface area contributed by atoms with Crippen molar-refractivity contribution in [2.75, 3.05) is 0 Å². The van der Waals surface area contributed by atoms with Gasteiger partial charge >= 0.3 is 0 Å². The smallest absolute Gasteiger partial charge is 0.130 e. The molecule has 0 fully saturated rings. The Hall–Kier alpha value is -1.48. The van der Waals surface area contributed by atoms with E-state index in [1.54, 1.807) is 6.33 Å². The maximum atomic E-state index is 5.00. The SMILES string of the molecule is Cc1cccc(-c2cc(=S)nc[nH]2)c1. The molecule has 1 heterocycles. The molecule has 0 unspecified atom stereocenters. The van der Waals surface area contributed by atoms with Crippen LogP contribution in [0.15, 0.2) is 36.7 Å². The average molecular weight is 202 g/mol. The second kappa shape index (κ2) is 3.72. The predicted molar refractivity (Wildman–Crippen MR) is 59.6 cm³/mol. The molecule has 2 nitrogen and oxygen atoms in total. The summed E-state index contributed by atoms with van der Waals surface area (Å²) in [5, 5.41) is 0. The zero-order valence-electron chi connectivity index (χ0n) is 7.82. The molecule has 0 aliphatic rings. The van der Waals surface area contributed by atoms with Crippen LogP contribution in [0.25, 0.3) is 11.3 Å². The van der Waals surface area contributed by atoms with Crippen LogP contribution >= 0.6 is 12.2 Å². The first-order valence-electron chi connectivity index (χ1n) is 4.37. The van der Waals surface area contributed by atoms with Gasteiger partial charge in [0.1, 0.15) is 4.64 Å². The van der Waals surface area contributed by atoms with Gasteiger partial charge in [0.05, 0.1) is 6.33 Å². The summed E-state index contributed by atoms with van der Waals surface area (Å²) in [6.07, 6.45) is 1.62. The zero-order chi connectivity index (χ0) is 9.97. The van der Waals surface area contributed by atoms with Crippen molar-refractivity contribution in [2.45, 2.75) is 6.92 Å². The highest BCUT2D eigenvalue weighted by Crippen LogP contribution is 2.16. The highest BCUT2D eigenvalue weighted by Gasteiger charge is 1.96. The molecule has 0 radical (unpaired) electrons. The van der Waals surface area contributed by atoms with Gasteiger partial charge < -0.3 is 4.98 Å². The molecule has 2 rings (SSSR count). The second-order valence-corrected chi connectivity index (χ2v) is 3.59. The van der Waals surface area contributed by atoms with Gasteiger partial charge in [-0.25, -0.2) is 4.98 Å². The molecule has 0 amide bonds. The Morgan fingerprint density at radius 1 is 1.29 bits per heavy atom. The largest absolute Gasteiger partial charge is 0.346 e. The van der Waals surface area contributed by atoms with Crippen molar-refractivity contribution in [2.24, 2.45) is 0 Å². The highest BCUT2D eigenvalue weighted by atomic mass is 32.1. The van der Waals surface area contributed by atoms with Crippen LogP contribution in [0.1, 0.15) is 5.56 Å². The van der Waals surface area contributed by atoms with Crippen LogP contribution in [0.3, 0.4) is 0 Å². The van der Waals surface area contributed by atoms with E-state index in [-0.39, 0.29) is 0 Å². The number of aromatic amines is 1. The van der Waals surface area contributed by atoms with Crippen molar-refractivity contribution in [3.8, 4) is 11.3 Å². The minimum absolute atomic E-state index is 0.611. The molecule has 0 spiro atoms. The van der Waals surface area contributed by atoms with Crippen molar-refractivity contribution < 1.29 is 0 Å². The van der Waals surface area contributed by atoms with Crippen molar-refractivity contribution >= 4 is 12.2 Å². The van der Waals surface area contributed by atoms with Crippen molar-refractivity contribution in [1.82, 2.24) is 9.97 Å². The molecule has 0 aliphatic carbocycles. The lowest BCUT2D eigenvalue weighted by Crippen LogP contribution is -1.85. The molecule has 70 valence electrons. The van der Waals surface area contributed by atoms with Crippen molar-refractivity contribution in [1.29, 1.82) is 0 Å². The molecule has 1 aromatic carbocycles. The first-order valence-corrected chi connectivity index (χ1v) is 4.78. The molecule has 14 heavy (non-hydrogen) atoms. The van der Waals surface area contributed by atoms with E-state index in [1.807, 2.05) is 18.2 Å². The first kappa shape index (κ1) is 9.09. The Balaban J connectivity index is 2.55. The number of hydrogen-bond donors (Lipinski definition) is 1. The van der Waals surface area contributed by atoms with Crippen LogP contribution in [0.2, 0.25) is 0 Å². The lowest BCUT2D eigenvalue weighted by molar-refractivity contribution is 1.15. The van der Waals surface area contributed by atoms with Crippen LogP contribution in [0.5, 0.6) is 0 Å². The molecule has 0 aliphatic heterocycles. The number of aromatic nitrogens is 2. The molecule has 1 N–H and O–H groups in total. The molecular weight excluding hydrogens is 192 g/mol. The van der Waals surface area contributed by atoms with Crippen LogP contribution in [0, 0.1) is 11.6 Å². The fraction of sp³-hybridized carbons (Fsp3) is 0.0909. The third-order valence-electron chi connectivity index (χ3n) is 2.01. The fourth-order valence-corrected chi connectivity index (χ4v) is 1.52. The Morgan fingerprint density at radius 3 is 2.86 bits per heavy atom. The number of nitrogens with zero attached hydrogens (tertiary/aromatic N) is 1. The van der Waals surface area contributed by atoms with Gasteiger partial charge in [0, 0.05) is 5.69 Å². The number of rotatable bonds is 1. The minimum atomic E-state index is 0.611. The predicted octanol–water partition coefficient (Wildman–Crippen LogP) is 3.11. The van der Waals surface area contributed by atoms with Crippen LogP contribution in [0.4, 0.5) is 0 Å². The summed E-state index contributed by atoms with van der Waals surface area (Å²) in [5.74, 6) is 0. The van der Waals surface area contributed by atoms with E-state index in [1.165, 1.54) is 5.56 Å². The van der Waals surface area contributed by atoms with Crippen LogP contribution in [-0.4, -0.2) is 9.97 Å². The third kappa shape index (κ3) is 1.88. The van der Waals surface area contributed by atoms with Gasteiger partial charge in [0.25, 0.3) is 0 Å². The maximum Gasteiger partial charge on any atom is 0.130 e. The Bertz CT molecular complexity index is 502. The normalized spacial score (nSPS) is 10.1. The van der Waals surface area contributed by atoms with E-state index < -0.39 is 0 Å². The summed E-state index contributed by atoms with van der Waals surface area (Å²) < 4.78 is 0.611. The van der Waals surface area contributed by atoms with E-state index >= 15 is 0 Å². The molecule has 1 aromatic heterocycles. The van der Waals surface area contributed by atoms with Gasteiger partial charge in [-0.2, -0.15) is 0 Å². The van der Waals surface area contributed by atoms with E-state index in [4.69, 9.17) is 12.2 Å². The van der Waals surface area contributed by atoms with Gasteiger partial charge in [-0.3, -0.25) is 0 Å². The van der Waals surface area contributed by atoms with Gasteiger partial charge in [-0.15, -0.1) is 0 Å². The molecule has 3 heteroatoms. The first-order chi connectivity index (χ1) is 6.75. The summed E-state index contributed by atoms with van der Waals surface area (Å²) in [5.41, 5.74) is 3.38. The molecule has 0 atom stereocenters. The zero-order valence-corrected chi connectivity index (χ0v) is 8.64. The van der Waals surface area contributed by atoms with E-state index in [0.717, 1.165) is 11.3 Å². The third-order valence-corrected chi connectivity index (χ3v) is 2.23. The van der Waals surface area contributed by atoms with Crippen molar-refractivity contribution in [3.63, 3.8) is 0 Å². The number of H-pyrrole nitrogens is 1. The number of nitrogens with one attached hydrogen (secondary N) is 1. The van der Waals surface area contributed by atoms with Crippen molar-refractivity contribution in [3.05, 3.63) is 46.9 Å². The molecule has 0 saturated heterocycles. The van der Waals surface area contributed by atoms with E-state index in [2.05, 4.69) is 29.0 Å². The van der Waals surface area contributed by atoms with Crippen LogP contribution < -0.4 is 0 Å². The highest BCUT2D eigenvalue weighted by molar-refractivity contribution is 7.71. The summed E-state index contributed by atoms with van der Waals surface area (Å²) in [6, 6.07) is 10.1. The fourth-order valence-electron chi connectivity index (χ4n) is 1.35. The van der Waals surface area contributed by atoms with Gasteiger partial charge in [0.15, 0.2) is 0 Å². The Labute approximate surface area is 87.7 Å². The van der Waals surface area contributed by atoms with Crippen LogP contribution in [-0.2, 0) is 0 Å². The Morgan fingerprint density at radius 2 is 2.14 bits per heavy atom. The Kier molecular flexibility index (Phi) is 2.41. The summed E-state index contributed by atoms with van der Waals surface area (Å²) in [7, 11) is 0. The van der Waals surface area contributed by atoms with Gasteiger partial charge in [-0.05, 0) is 24.6 Å². The van der Waals surface area contributed by atoms with Gasteiger partial charge in [0.2, 0.25) is 0 Å². The van der Waals surface area contributed by atoms with Gasteiger partial charge in [-0.1, -0.05) is 36.0 Å². The lowest BCUT2D eigenvalue weighted by atomic mass is 10.1. The lowest BCUT2D eigenvalue weighted by Gasteiger charge is -2.01. The van der Waals surface area contributed by atoms with E-state index in [9.17, 15) is 0 Å². The maximum absolute atomic E-state index is 5.00. The standard InChI is InChI=1S/C11H10N2S/c1-8-3-2-4-9(5-8)10-6-11(14)13-7-12-10/h2-7H,1H3,(H,12,13,14). The summed E-state index contributed by atoms with van der Waals surface area (Å²) in [6.45, 7) is 2.07. The topological polar surface area (TPSA) is 28.7 Å². The average Bonchev–Trinajstić information content (AvgIpc) is 2.18. The summed E-state index contributed by atoms with van der Waals surface area (Å²) >= 11 is 5.00. The number of benzene rings is 1. The second-order valence-electron chi connectivity index (χ2n) is 3.17. The summed E-state index contributed by atoms with van der Waals surface area (Å²) in [4.78, 5) is 7.02. The molecular formula is C11H10N2S. The van der Waals surface area contributed by atoms with E-state index in [0.29, 0.717) is 4.64 Å². The molecule has 0 bridgehead atoms. The minimum Gasteiger partial charge on any atom is -0.346 e. The number of hydrogen-bond acceptors (Lipinski definition) is 2. The molecule has 2 aromatic rings. The molecule has 0 saturated carbocycles. The number of aryl methyl sites for hydroxylation is 1. The quantitative estimate of drug-likeness (QED) is 0.720.